The summed E-state index contributed by atoms with van der Waals surface area (Å²) in [5.41, 5.74) is 12.4. The lowest BCUT2D eigenvalue weighted by Gasteiger charge is -2.38. The third-order valence-electron chi connectivity index (χ3n) is 5.20. The maximum Gasteiger partial charge on any atom is 0.232 e. The number of nitrogens with one attached hydrogen (secondary N) is 1. The van der Waals surface area contributed by atoms with Gasteiger partial charge >= 0.3 is 0 Å². The van der Waals surface area contributed by atoms with E-state index in [4.69, 9.17) is 17.3 Å². The molecular weight excluding hydrogens is 396 g/mol. The Morgan fingerprint density at radius 1 is 1.11 bits per heavy atom. The lowest BCUT2D eigenvalue weighted by molar-refractivity contribution is 0.600. The summed E-state index contributed by atoms with van der Waals surface area (Å²) in [5, 5.41) is 0.378. The zero-order valence-electron chi connectivity index (χ0n) is 17.5. The van der Waals surface area contributed by atoms with Gasteiger partial charge in [0.2, 0.25) is 10.0 Å². The van der Waals surface area contributed by atoms with Gasteiger partial charge in [0.1, 0.15) is 8.07 Å². The number of nitrogens with two attached hydrogens (primary N) is 1. The number of nitrogen functional groups attached to an aromatic ring is 1. The van der Waals surface area contributed by atoms with Crippen molar-refractivity contribution in [1.82, 2.24) is 0 Å². The van der Waals surface area contributed by atoms with Crippen molar-refractivity contribution >= 4 is 41.1 Å². The fraction of sp³-hybridized carbons (Fsp3) is 0.600. The molecule has 0 bridgehead atoms. The zero-order valence-corrected chi connectivity index (χ0v) is 20.1. The second-order valence-electron chi connectivity index (χ2n) is 7.95. The smallest absolute Gasteiger partial charge is 0.232 e. The van der Waals surface area contributed by atoms with Crippen LogP contribution in [-0.4, -0.2) is 22.2 Å². The molecule has 0 aliphatic carbocycles. The number of hydrogen-bond donors (Lipinski definition) is 2. The van der Waals surface area contributed by atoms with E-state index in [1.807, 2.05) is 6.92 Å². The molecule has 27 heavy (non-hydrogen) atoms. The minimum Gasteiger partial charge on any atom is -0.396 e. The molecule has 0 saturated heterocycles. The van der Waals surface area contributed by atoms with Crippen molar-refractivity contribution in [2.75, 3.05) is 16.2 Å². The third-order valence-corrected chi connectivity index (χ3v) is 13.3. The Hall–Kier alpha value is -1.16. The van der Waals surface area contributed by atoms with Crippen molar-refractivity contribution in [1.29, 1.82) is 0 Å². The average Bonchev–Trinajstić information content (AvgIpc) is 2.52. The van der Waals surface area contributed by atoms with Crippen LogP contribution >= 0.6 is 11.6 Å². The van der Waals surface area contributed by atoms with Crippen molar-refractivity contribution < 1.29 is 8.42 Å². The van der Waals surface area contributed by atoms with Crippen LogP contribution in [0.5, 0.6) is 0 Å². The van der Waals surface area contributed by atoms with Crippen molar-refractivity contribution in [3.05, 3.63) is 22.7 Å². The van der Waals surface area contributed by atoms with Gasteiger partial charge in [0.15, 0.2) is 0 Å². The van der Waals surface area contributed by atoms with Gasteiger partial charge in [-0.1, -0.05) is 66.0 Å². The summed E-state index contributed by atoms with van der Waals surface area (Å²) < 4.78 is 27.1. The molecule has 7 heteroatoms. The minimum absolute atomic E-state index is 0.0467. The van der Waals surface area contributed by atoms with E-state index in [0.717, 1.165) is 0 Å². The van der Waals surface area contributed by atoms with E-state index in [0.29, 0.717) is 45.0 Å². The number of sulfonamides is 1. The van der Waals surface area contributed by atoms with Crippen LogP contribution in [0, 0.1) is 11.5 Å². The molecule has 0 spiro atoms. The third kappa shape index (κ3) is 5.43. The van der Waals surface area contributed by atoms with Crippen LogP contribution in [0.1, 0.15) is 60.5 Å². The standard InChI is InChI=1S/C20H33ClN2O2SSi/c1-8-12-26(24,25)23-19-10-9-18(21)20(22)17(19)11-13-27(14(2)3,15(4)5)16(6)7/h9-10,14-16,23H,8,12,22H2,1-7H3. The van der Waals surface area contributed by atoms with Crippen LogP contribution in [0.2, 0.25) is 21.6 Å². The molecule has 1 aromatic carbocycles. The minimum atomic E-state index is -3.44. The monoisotopic (exact) mass is 428 g/mol. The highest BCUT2D eigenvalue weighted by molar-refractivity contribution is 7.92. The number of rotatable bonds is 7. The van der Waals surface area contributed by atoms with Crippen LogP contribution in [-0.2, 0) is 10.0 Å². The second kappa shape index (κ2) is 9.36. The lowest BCUT2D eigenvalue weighted by Crippen LogP contribution is -2.43. The summed E-state index contributed by atoms with van der Waals surface area (Å²) in [6.45, 7) is 15.2. The largest absolute Gasteiger partial charge is 0.396 e. The predicted octanol–water partition coefficient (Wildman–Crippen LogP) is 5.64. The lowest BCUT2D eigenvalue weighted by atomic mass is 10.1. The first kappa shape index (κ1) is 23.9. The topological polar surface area (TPSA) is 72.2 Å². The Kier molecular flexibility index (Phi) is 8.27. The van der Waals surface area contributed by atoms with E-state index < -0.39 is 18.1 Å². The van der Waals surface area contributed by atoms with Gasteiger partial charge in [-0.2, -0.15) is 0 Å². The fourth-order valence-electron chi connectivity index (χ4n) is 3.90. The molecule has 0 aromatic heterocycles. The highest BCUT2D eigenvalue weighted by atomic mass is 35.5. The maximum absolute atomic E-state index is 12.2. The molecule has 0 atom stereocenters. The Morgan fingerprint density at radius 2 is 1.63 bits per heavy atom. The van der Waals surface area contributed by atoms with Crippen molar-refractivity contribution in [3.8, 4) is 11.5 Å². The molecular formula is C20H33ClN2O2SSi. The quantitative estimate of drug-likeness (QED) is 0.335. The van der Waals surface area contributed by atoms with Gasteiger partial charge in [0, 0.05) is 0 Å². The highest BCUT2D eigenvalue weighted by Gasteiger charge is 2.41. The Labute approximate surface area is 171 Å². The van der Waals surface area contributed by atoms with E-state index in [1.165, 1.54) is 0 Å². The highest BCUT2D eigenvalue weighted by Crippen LogP contribution is 2.41. The SMILES string of the molecule is CCCS(=O)(=O)Nc1ccc(Cl)c(N)c1C#C[Si](C(C)C)(C(C)C)C(C)C. The van der Waals surface area contributed by atoms with E-state index in [9.17, 15) is 8.42 Å². The Balaban J connectivity index is 3.60. The molecule has 152 valence electrons. The number of anilines is 2. The number of benzene rings is 1. The van der Waals surface area contributed by atoms with Crippen LogP contribution < -0.4 is 10.5 Å². The first-order valence-electron chi connectivity index (χ1n) is 9.50. The molecule has 1 aromatic rings. The van der Waals surface area contributed by atoms with E-state index in [2.05, 4.69) is 57.7 Å². The van der Waals surface area contributed by atoms with Gasteiger partial charge in [-0.3, -0.25) is 4.72 Å². The summed E-state index contributed by atoms with van der Waals surface area (Å²) in [6, 6.07) is 3.24. The van der Waals surface area contributed by atoms with E-state index in [1.54, 1.807) is 12.1 Å². The van der Waals surface area contributed by atoms with Crippen molar-refractivity contribution in [2.24, 2.45) is 0 Å². The zero-order chi connectivity index (χ0) is 21.0. The summed E-state index contributed by atoms with van der Waals surface area (Å²) in [4.78, 5) is 0. The maximum atomic E-state index is 12.2. The molecule has 0 amide bonds. The Bertz CT molecular complexity index is 803. The van der Waals surface area contributed by atoms with Crippen LogP contribution in [0.15, 0.2) is 12.1 Å². The first-order chi connectivity index (χ1) is 12.4. The number of halogens is 1. The molecule has 0 aliphatic heterocycles. The van der Waals surface area contributed by atoms with Crippen LogP contribution in [0.4, 0.5) is 11.4 Å². The summed E-state index contributed by atoms with van der Waals surface area (Å²) in [5.74, 6) is 3.29. The Morgan fingerprint density at radius 3 is 2.07 bits per heavy atom. The summed E-state index contributed by atoms with van der Waals surface area (Å²) >= 11 is 6.20. The van der Waals surface area contributed by atoms with Gasteiger partial charge in [0.05, 0.1) is 27.7 Å². The first-order valence-corrected chi connectivity index (χ1v) is 13.8. The molecule has 1 rings (SSSR count). The average molecular weight is 429 g/mol. The molecule has 0 aliphatic rings. The molecule has 3 N–H and O–H groups in total. The van der Waals surface area contributed by atoms with E-state index >= 15 is 0 Å². The van der Waals surface area contributed by atoms with Crippen LogP contribution in [0.25, 0.3) is 0 Å². The molecule has 0 fully saturated rings. The van der Waals surface area contributed by atoms with Gasteiger partial charge < -0.3 is 5.73 Å². The van der Waals surface area contributed by atoms with Gasteiger partial charge in [-0.05, 0) is 35.2 Å². The fourth-order valence-corrected chi connectivity index (χ4v) is 10.4. The van der Waals surface area contributed by atoms with Gasteiger partial charge in [0.25, 0.3) is 0 Å². The second-order valence-corrected chi connectivity index (χ2v) is 15.8. The normalized spacial score (nSPS) is 12.4. The molecule has 0 heterocycles. The molecule has 0 saturated carbocycles. The summed E-state index contributed by atoms with van der Waals surface area (Å²) in [6.07, 6.45) is 0.531. The van der Waals surface area contributed by atoms with Crippen molar-refractivity contribution in [3.63, 3.8) is 0 Å². The van der Waals surface area contributed by atoms with Crippen molar-refractivity contribution in [2.45, 2.75) is 71.5 Å². The summed E-state index contributed by atoms with van der Waals surface area (Å²) in [7, 11) is -5.43. The molecule has 0 radical (unpaired) electrons. The van der Waals surface area contributed by atoms with Gasteiger partial charge in [-0.15, -0.1) is 5.54 Å². The molecule has 0 unspecified atom stereocenters. The number of hydrogen-bond acceptors (Lipinski definition) is 3. The molecule has 4 nitrogen and oxygen atoms in total. The van der Waals surface area contributed by atoms with Crippen LogP contribution in [0.3, 0.4) is 0 Å². The van der Waals surface area contributed by atoms with Gasteiger partial charge in [-0.25, -0.2) is 8.42 Å². The van der Waals surface area contributed by atoms with E-state index in [-0.39, 0.29) is 5.75 Å². The predicted molar refractivity (Wildman–Crippen MR) is 121 cm³/mol.